The van der Waals surface area contributed by atoms with Crippen LogP contribution in [0.1, 0.15) is 43.5 Å². The molecular weight excluding hydrogens is 414 g/mol. The van der Waals surface area contributed by atoms with Crippen LogP contribution in [0.15, 0.2) is 38.9 Å². The first-order valence-electron chi connectivity index (χ1n) is 8.51. The van der Waals surface area contributed by atoms with Crippen LogP contribution in [-0.2, 0) is 4.79 Å². The van der Waals surface area contributed by atoms with Crippen molar-refractivity contribution >= 4 is 49.1 Å². The third-order valence-corrected chi connectivity index (χ3v) is 6.18. The molecule has 5 nitrogen and oxygen atoms in total. The van der Waals surface area contributed by atoms with Gasteiger partial charge in [-0.05, 0) is 41.1 Å². The summed E-state index contributed by atoms with van der Waals surface area (Å²) in [5.74, 6) is 0.827. The van der Waals surface area contributed by atoms with E-state index in [4.69, 9.17) is 0 Å². The first kappa shape index (κ1) is 17.4. The molecule has 134 valence electrons. The van der Waals surface area contributed by atoms with Crippen LogP contribution in [-0.4, -0.2) is 22.4 Å². The van der Waals surface area contributed by atoms with Crippen molar-refractivity contribution in [3.05, 3.63) is 55.9 Å². The van der Waals surface area contributed by atoms with Gasteiger partial charge in [0.2, 0.25) is 5.91 Å². The number of carbonyl (C=O) groups is 1. The van der Waals surface area contributed by atoms with Gasteiger partial charge in [-0.1, -0.05) is 29.8 Å². The highest BCUT2D eigenvalue weighted by Gasteiger charge is 2.33. The maximum Gasteiger partial charge on any atom is 0.259 e. The van der Waals surface area contributed by atoms with E-state index in [9.17, 15) is 9.59 Å². The number of hydrogen-bond acceptors (Lipinski definition) is 4. The molecule has 26 heavy (non-hydrogen) atoms. The minimum atomic E-state index is -0.107. The van der Waals surface area contributed by atoms with Crippen LogP contribution in [0.3, 0.4) is 0 Å². The summed E-state index contributed by atoms with van der Waals surface area (Å²) < 4.78 is 0.972. The van der Waals surface area contributed by atoms with E-state index >= 15 is 0 Å². The van der Waals surface area contributed by atoms with Crippen LogP contribution in [0.4, 0.5) is 5.69 Å². The number of benzene rings is 1. The van der Waals surface area contributed by atoms with E-state index in [0.29, 0.717) is 24.2 Å². The Balaban J connectivity index is 1.67. The van der Waals surface area contributed by atoms with Crippen LogP contribution in [0, 0.1) is 0 Å². The Bertz CT molecular complexity index is 1040. The average Bonchev–Trinajstić information content (AvgIpc) is 3.20. The molecule has 1 amide bonds. The highest BCUT2D eigenvalue weighted by atomic mass is 79.9. The predicted octanol–water partition coefficient (Wildman–Crippen LogP) is 4.39. The molecule has 0 aliphatic carbocycles. The number of amides is 1. The Kier molecular flexibility index (Phi) is 4.44. The van der Waals surface area contributed by atoms with E-state index in [0.717, 1.165) is 20.6 Å². The van der Waals surface area contributed by atoms with Crippen molar-refractivity contribution in [3.8, 4) is 0 Å². The number of carbonyl (C=O) groups excluding carboxylic acids is 1. The molecule has 1 aromatic carbocycles. The van der Waals surface area contributed by atoms with E-state index in [-0.39, 0.29) is 23.3 Å². The second kappa shape index (κ2) is 6.63. The molecule has 2 aromatic heterocycles. The van der Waals surface area contributed by atoms with Crippen molar-refractivity contribution in [2.75, 3.05) is 11.4 Å². The van der Waals surface area contributed by atoms with Gasteiger partial charge in [-0.2, -0.15) is 0 Å². The van der Waals surface area contributed by atoms with E-state index in [1.165, 1.54) is 11.3 Å². The van der Waals surface area contributed by atoms with Gasteiger partial charge in [0.05, 0.1) is 5.39 Å². The lowest BCUT2D eigenvalue weighted by Crippen LogP contribution is -2.24. The highest BCUT2D eigenvalue weighted by molar-refractivity contribution is 9.10. The third-order valence-electron chi connectivity index (χ3n) is 4.76. The second-order valence-corrected chi connectivity index (χ2v) is 8.63. The SMILES string of the molecule is CC(C)c1csc2nc(C3CC(=O)N(c4ccc(Br)cc4)C3)[nH]c(=O)c12. The van der Waals surface area contributed by atoms with Gasteiger partial charge in [0.25, 0.3) is 5.56 Å². The van der Waals surface area contributed by atoms with E-state index in [2.05, 4.69) is 39.7 Å². The molecule has 3 heterocycles. The lowest BCUT2D eigenvalue weighted by molar-refractivity contribution is -0.117. The summed E-state index contributed by atoms with van der Waals surface area (Å²) in [6.45, 7) is 4.67. The van der Waals surface area contributed by atoms with Gasteiger partial charge < -0.3 is 9.88 Å². The van der Waals surface area contributed by atoms with Gasteiger partial charge in [0.15, 0.2) is 0 Å². The minimum absolute atomic E-state index is 0.0501. The fourth-order valence-electron chi connectivity index (χ4n) is 3.37. The molecule has 0 radical (unpaired) electrons. The number of hydrogen-bond donors (Lipinski definition) is 1. The molecule has 1 atom stereocenters. The zero-order valence-corrected chi connectivity index (χ0v) is 16.9. The van der Waals surface area contributed by atoms with Crippen LogP contribution < -0.4 is 10.5 Å². The number of H-pyrrole nitrogens is 1. The van der Waals surface area contributed by atoms with Crippen molar-refractivity contribution in [2.45, 2.75) is 32.1 Å². The maximum absolute atomic E-state index is 12.6. The standard InChI is InChI=1S/C19H18BrN3O2S/c1-10(2)14-9-26-19-16(14)18(25)21-17(22-19)11-7-15(24)23(8-11)13-5-3-12(20)4-6-13/h3-6,9-11H,7-8H2,1-2H3,(H,21,22,25). The van der Waals surface area contributed by atoms with Gasteiger partial charge in [-0.25, -0.2) is 4.98 Å². The number of rotatable bonds is 3. The quantitative estimate of drug-likeness (QED) is 0.668. The molecule has 1 unspecified atom stereocenters. The fourth-order valence-corrected chi connectivity index (χ4v) is 4.74. The van der Waals surface area contributed by atoms with Gasteiger partial charge in [-0.15, -0.1) is 11.3 Å². The topological polar surface area (TPSA) is 66.1 Å². The van der Waals surface area contributed by atoms with Crippen molar-refractivity contribution in [1.82, 2.24) is 9.97 Å². The van der Waals surface area contributed by atoms with Crippen LogP contribution in [0.2, 0.25) is 0 Å². The zero-order chi connectivity index (χ0) is 18.4. The third kappa shape index (κ3) is 2.99. The molecule has 4 rings (SSSR count). The summed E-state index contributed by atoms with van der Waals surface area (Å²) in [4.78, 5) is 35.2. The Hall–Kier alpha value is -1.99. The molecule has 1 saturated heterocycles. The van der Waals surface area contributed by atoms with Crippen LogP contribution >= 0.6 is 27.3 Å². The molecular formula is C19H18BrN3O2S. The molecule has 0 saturated carbocycles. The minimum Gasteiger partial charge on any atom is -0.312 e. The average molecular weight is 432 g/mol. The number of halogens is 1. The first-order valence-corrected chi connectivity index (χ1v) is 10.2. The fraction of sp³-hybridized carbons (Fsp3) is 0.316. The normalized spacial score (nSPS) is 17.6. The number of fused-ring (bicyclic) bond motifs is 1. The molecule has 3 aromatic rings. The van der Waals surface area contributed by atoms with Crippen molar-refractivity contribution in [1.29, 1.82) is 0 Å². The lowest BCUT2D eigenvalue weighted by atomic mass is 10.0. The van der Waals surface area contributed by atoms with Crippen molar-refractivity contribution < 1.29 is 4.79 Å². The Labute approximate surface area is 163 Å². The number of aromatic amines is 1. The van der Waals surface area contributed by atoms with E-state index in [1.807, 2.05) is 29.6 Å². The Morgan fingerprint density at radius 1 is 1.27 bits per heavy atom. The monoisotopic (exact) mass is 431 g/mol. The number of anilines is 1. The molecule has 1 N–H and O–H groups in total. The smallest absolute Gasteiger partial charge is 0.259 e. The number of aromatic nitrogens is 2. The maximum atomic E-state index is 12.6. The van der Waals surface area contributed by atoms with Crippen LogP contribution in [0.25, 0.3) is 10.2 Å². The highest BCUT2D eigenvalue weighted by Crippen LogP contribution is 2.33. The van der Waals surface area contributed by atoms with Crippen LogP contribution in [0.5, 0.6) is 0 Å². The van der Waals surface area contributed by atoms with Gasteiger partial charge in [0, 0.05) is 29.0 Å². The molecule has 1 fully saturated rings. The Morgan fingerprint density at radius 2 is 2.00 bits per heavy atom. The lowest BCUT2D eigenvalue weighted by Gasteiger charge is -2.16. The molecule has 1 aliphatic rings. The molecule has 7 heteroatoms. The van der Waals surface area contributed by atoms with Gasteiger partial charge in [-0.3, -0.25) is 9.59 Å². The molecule has 0 spiro atoms. The zero-order valence-electron chi connectivity index (χ0n) is 14.5. The molecule has 0 bridgehead atoms. The van der Waals surface area contributed by atoms with Crippen molar-refractivity contribution in [3.63, 3.8) is 0 Å². The van der Waals surface area contributed by atoms with E-state index < -0.39 is 0 Å². The number of nitrogens with zero attached hydrogens (tertiary/aromatic N) is 2. The summed E-state index contributed by atoms with van der Waals surface area (Å²) in [7, 11) is 0. The summed E-state index contributed by atoms with van der Waals surface area (Å²) in [5, 5.41) is 2.69. The van der Waals surface area contributed by atoms with E-state index in [1.54, 1.807) is 4.90 Å². The number of nitrogens with one attached hydrogen (secondary N) is 1. The summed E-state index contributed by atoms with van der Waals surface area (Å²) in [5.41, 5.74) is 1.79. The summed E-state index contributed by atoms with van der Waals surface area (Å²) in [6, 6.07) is 7.66. The van der Waals surface area contributed by atoms with Crippen molar-refractivity contribution in [2.24, 2.45) is 0 Å². The predicted molar refractivity (Wildman–Crippen MR) is 108 cm³/mol. The first-order chi connectivity index (χ1) is 12.4. The number of thiophene rings is 1. The summed E-state index contributed by atoms with van der Waals surface area (Å²) in [6.07, 6.45) is 0.354. The van der Waals surface area contributed by atoms with Gasteiger partial charge >= 0.3 is 0 Å². The van der Waals surface area contributed by atoms with Gasteiger partial charge in [0.1, 0.15) is 10.7 Å². The molecule has 1 aliphatic heterocycles. The summed E-state index contributed by atoms with van der Waals surface area (Å²) >= 11 is 4.90. The largest absolute Gasteiger partial charge is 0.312 e. The second-order valence-electron chi connectivity index (χ2n) is 6.86. The Morgan fingerprint density at radius 3 is 2.69 bits per heavy atom.